The highest BCUT2D eigenvalue weighted by Crippen LogP contribution is 2.35. The lowest BCUT2D eigenvalue weighted by molar-refractivity contribution is 0.258. The van der Waals surface area contributed by atoms with Gasteiger partial charge in [-0.2, -0.15) is 0 Å². The van der Waals surface area contributed by atoms with Gasteiger partial charge in [-0.25, -0.2) is 17.9 Å². The molecule has 7 nitrogen and oxygen atoms in total. The number of hydrogen-bond acceptors (Lipinski definition) is 4. The van der Waals surface area contributed by atoms with Gasteiger partial charge >= 0.3 is 5.69 Å². The first-order valence-electron chi connectivity index (χ1n) is 8.66. The second-order valence-electron chi connectivity index (χ2n) is 6.63. The molecule has 0 amide bonds. The Kier molecular flexibility index (Phi) is 5.33. The summed E-state index contributed by atoms with van der Waals surface area (Å²) in [5.74, 6) is 0. The minimum Gasteiger partial charge on any atom is -0.293 e. The van der Waals surface area contributed by atoms with Crippen molar-refractivity contribution >= 4 is 43.5 Å². The highest BCUT2D eigenvalue weighted by Gasteiger charge is 2.39. The quantitative estimate of drug-likeness (QED) is 0.494. The lowest BCUT2D eigenvalue weighted by Gasteiger charge is -2.40. The van der Waals surface area contributed by atoms with Crippen LogP contribution in [0.2, 0.25) is 0 Å². The fraction of sp³-hybridized carbons (Fsp3) is 0.529. The van der Waals surface area contributed by atoms with E-state index >= 15 is 0 Å². The number of nitrogens with one attached hydrogen (secondary N) is 1. The molecule has 26 heavy (non-hydrogen) atoms. The highest BCUT2D eigenvalue weighted by atomic mass is 127. The molecule has 9 heteroatoms. The molecule has 3 rings (SSSR count). The predicted molar refractivity (Wildman–Crippen MR) is 110 cm³/mol. The van der Waals surface area contributed by atoms with Crippen LogP contribution in [0.15, 0.2) is 32.7 Å². The van der Waals surface area contributed by atoms with Crippen molar-refractivity contribution < 1.29 is 8.42 Å². The fourth-order valence-electron chi connectivity index (χ4n) is 3.36. The fourth-order valence-corrected chi connectivity index (χ4v) is 6.06. The van der Waals surface area contributed by atoms with E-state index in [2.05, 4.69) is 27.3 Å². The number of benzene rings is 1. The molecule has 1 fully saturated rings. The van der Waals surface area contributed by atoms with Crippen molar-refractivity contribution in [1.29, 1.82) is 0 Å². The molecule has 1 heterocycles. The van der Waals surface area contributed by atoms with E-state index in [9.17, 15) is 18.0 Å². The molecular weight excluding hydrogens is 469 g/mol. The zero-order valence-electron chi connectivity index (χ0n) is 14.8. The van der Waals surface area contributed by atoms with Crippen molar-refractivity contribution in [3.8, 4) is 0 Å². The molecule has 1 aromatic carbocycles. The molecule has 0 bridgehead atoms. The summed E-state index contributed by atoms with van der Waals surface area (Å²) in [7, 11) is -3.74. The number of rotatable bonds is 6. The summed E-state index contributed by atoms with van der Waals surface area (Å²) in [5, 5.41) is 0.244. The molecule has 142 valence electrons. The largest absolute Gasteiger partial charge is 0.331 e. The van der Waals surface area contributed by atoms with Gasteiger partial charge in [0.25, 0.3) is 5.56 Å². The van der Waals surface area contributed by atoms with Crippen LogP contribution < -0.4 is 16.0 Å². The van der Waals surface area contributed by atoms with Crippen molar-refractivity contribution in [2.75, 3.05) is 4.43 Å². The van der Waals surface area contributed by atoms with Gasteiger partial charge in [-0.15, -0.1) is 0 Å². The summed E-state index contributed by atoms with van der Waals surface area (Å²) in [6.45, 7) is 4.18. The molecule has 1 aromatic heterocycles. The summed E-state index contributed by atoms with van der Waals surface area (Å²) in [6, 6.07) is 4.40. The van der Waals surface area contributed by atoms with Crippen LogP contribution in [0.4, 0.5) is 0 Å². The zero-order valence-corrected chi connectivity index (χ0v) is 17.8. The Labute approximate surface area is 165 Å². The van der Waals surface area contributed by atoms with Gasteiger partial charge < -0.3 is 0 Å². The zero-order chi connectivity index (χ0) is 19.1. The van der Waals surface area contributed by atoms with Crippen LogP contribution in [0.3, 0.4) is 0 Å². The first-order valence-corrected chi connectivity index (χ1v) is 11.7. The Bertz CT molecular complexity index is 1060. The number of aryl methyl sites for hydroxylation is 1. The average Bonchev–Trinajstić information content (AvgIpc) is 2.59. The lowest BCUT2D eigenvalue weighted by atomic mass is 9.80. The van der Waals surface area contributed by atoms with Crippen LogP contribution in [-0.2, 0) is 23.1 Å². The maximum absolute atomic E-state index is 12.8. The molecule has 0 spiro atoms. The van der Waals surface area contributed by atoms with Crippen molar-refractivity contribution in [3.63, 3.8) is 0 Å². The van der Waals surface area contributed by atoms with Crippen molar-refractivity contribution in [2.24, 2.45) is 0 Å². The van der Waals surface area contributed by atoms with E-state index in [-0.39, 0.29) is 28.1 Å². The lowest BCUT2D eigenvalue weighted by Crippen LogP contribution is -2.54. The molecule has 1 N–H and O–H groups in total. The third-order valence-corrected chi connectivity index (χ3v) is 8.09. The van der Waals surface area contributed by atoms with Crippen LogP contribution in [0.1, 0.15) is 33.1 Å². The number of alkyl halides is 1. The van der Waals surface area contributed by atoms with Gasteiger partial charge in [-0.3, -0.25) is 13.9 Å². The highest BCUT2D eigenvalue weighted by molar-refractivity contribution is 14.1. The SMILES string of the molecule is CCn1c(=O)c2cc(S(=O)(=O)NC3(CI)CCC3)ccc2n(CC)c1=O. The van der Waals surface area contributed by atoms with E-state index in [0.717, 1.165) is 23.8 Å². The topological polar surface area (TPSA) is 90.2 Å². The number of halogens is 1. The third-order valence-electron chi connectivity index (χ3n) is 5.06. The van der Waals surface area contributed by atoms with Crippen LogP contribution >= 0.6 is 22.6 Å². The van der Waals surface area contributed by atoms with E-state index in [1.165, 1.54) is 16.7 Å². The number of sulfonamides is 1. The van der Waals surface area contributed by atoms with E-state index in [4.69, 9.17) is 0 Å². The minimum atomic E-state index is -3.74. The van der Waals surface area contributed by atoms with E-state index < -0.39 is 15.6 Å². The number of nitrogens with zero attached hydrogens (tertiary/aromatic N) is 2. The second kappa shape index (κ2) is 7.08. The molecule has 1 saturated carbocycles. The molecule has 2 aromatic rings. The molecule has 0 atom stereocenters. The van der Waals surface area contributed by atoms with Gasteiger partial charge in [-0.05, 0) is 51.3 Å². The molecular formula is C17H22IN3O4S. The Morgan fingerprint density at radius 3 is 2.31 bits per heavy atom. The van der Waals surface area contributed by atoms with Crippen molar-refractivity contribution in [2.45, 2.75) is 56.6 Å². The standard InChI is InChI=1S/C17H22IN3O4S/c1-3-20-14-7-6-12(10-13(14)15(22)21(4-2)16(20)23)26(24,25)19-17(11-18)8-5-9-17/h6-7,10,19H,3-5,8-9,11H2,1-2H3. The second-order valence-corrected chi connectivity index (χ2v) is 9.07. The summed E-state index contributed by atoms with van der Waals surface area (Å²) in [6.07, 6.45) is 2.65. The molecule has 1 aliphatic rings. The summed E-state index contributed by atoms with van der Waals surface area (Å²) in [5.41, 5.74) is -0.764. The van der Waals surface area contributed by atoms with Crippen LogP contribution in [0.25, 0.3) is 10.9 Å². The van der Waals surface area contributed by atoms with Crippen LogP contribution in [0.5, 0.6) is 0 Å². The summed E-state index contributed by atoms with van der Waals surface area (Å²) in [4.78, 5) is 25.1. The number of aromatic nitrogens is 2. The smallest absolute Gasteiger partial charge is 0.293 e. The van der Waals surface area contributed by atoms with Gasteiger partial charge in [0.05, 0.1) is 15.8 Å². The van der Waals surface area contributed by atoms with Gasteiger partial charge in [0.15, 0.2) is 0 Å². The van der Waals surface area contributed by atoms with E-state index in [1.54, 1.807) is 13.0 Å². The van der Waals surface area contributed by atoms with Gasteiger partial charge in [0.2, 0.25) is 10.0 Å². The summed E-state index contributed by atoms with van der Waals surface area (Å²) < 4.78 is 31.8. The van der Waals surface area contributed by atoms with Gasteiger partial charge in [0.1, 0.15) is 0 Å². The predicted octanol–water partition coefficient (Wildman–Crippen LogP) is 1.84. The number of hydrogen-bond donors (Lipinski definition) is 1. The van der Waals surface area contributed by atoms with Gasteiger partial charge in [-0.1, -0.05) is 22.6 Å². The van der Waals surface area contributed by atoms with E-state index in [0.29, 0.717) is 16.5 Å². The minimum absolute atomic E-state index is 0.0576. The molecule has 0 saturated heterocycles. The molecule has 0 radical (unpaired) electrons. The maximum atomic E-state index is 12.8. The normalized spacial score (nSPS) is 16.6. The van der Waals surface area contributed by atoms with Gasteiger partial charge in [0, 0.05) is 23.1 Å². The Morgan fingerprint density at radius 1 is 1.15 bits per heavy atom. The molecule has 0 aliphatic heterocycles. The third kappa shape index (κ3) is 3.13. The average molecular weight is 491 g/mol. The van der Waals surface area contributed by atoms with Crippen molar-refractivity contribution in [1.82, 2.24) is 13.9 Å². The van der Waals surface area contributed by atoms with E-state index in [1.807, 2.05) is 6.92 Å². The maximum Gasteiger partial charge on any atom is 0.331 e. The Balaban J connectivity index is 2.18. The first kappa shape index (κ1) is 19.6. The molecule has 1 aliphatic carbocycles. The number of fused-ring (bicyclic) bond motifs is 1. The van der Waals surface area contributed by atoms with Crippen LogP contribution in [0, 0.1) is 0 Å². The Hall–Kier alpha value is -1.20. The Morgan fingerprint density at radius 2 is 1.81 bits per heavy atom. The first-order chi connectivity index (χ1) is 12.3. The van der Waals surface area contributed by atoms with Crippen LogP contribution in [-0.4, -0.2) is 27.5 Å². The monoisotopic (exact) mass is 491 g/mol. The van der Waals surface area contributed by atoms with Crippen molar-refractivity contribution in [3.05, 3.63) is 39.0 Å². The summed E-state index contributed by atoms with van der Waals surface area (Å²) >= 11 is 2.20. The molecule has 0 unspecified atom stereocenters.